The maximum Gasteiger partial charge on any atom is 0.336 e. The average Bonchev–Trinajstić information content (AvgIpc) is 2.53. The van der Waals surface area contributed by atoms with Crippen molar-refractivity contribution < 1.29 is 9.90 Å². The second kappa shape index (κ2) is 5.84. The van der Waals surface area contributed by atoms with Crippen LogP contribution in [0.5, 0.6) is 0 Å². The molecule has 2 aromatic carbocycles. The number of pyridine rings is 1. The number of carbonyl (C=O) groups is 1. The minimum atomic E-state index is -0.921. The monoisotopic (exact) mass is 305 g/mol. The van der Waals surface area contributed by atoms with E-state index in [0.29, 0.717) is 11.3 Å². The van der Waals surface area contributed by atoms with Gasteiger partial charge >= 0.3 is 5.97 Å². The second-order valence-corrected chi connectivity index (χ2v) is 5.89. The fourth-order valence-electron chi connectivity index (χ4n) is 2.98. The number of fused-ring (bicyclic) bond motifs is 1. The third-order valence-electron chi connectivity index (χ3n) is 4.14. The summed E-state index contributed by atoms with van der Waals surface area (Å²) in [6.45, 7) is 6.04. The van der Waals surface area contributed by atoms with E-state index >= 15 is 0 Å². The van der Waals surface area contributed by atoms with E-state index in [4.69, 9.17) is 4.98 Å². The molecular weight excluding hydrogens is 286 g/mol. The van der Waals surface area contributed by atoms with Gasteiger partial charge in [-0.25, -0.2) is 9.78 Å². The van der Waals surface area contributed by atoms with Gasteiger partial charge in [-0.2, -0.15) is 0 Å². The number of carboxylic acid groups (broad SMARTS) is 1. The van der Waals surface area contributed by atoms with Crippen molar-refractivity contribution in [3.05, 3.63) is 64.7 Å². The van der Waals surface area contributed by atoms with E-state index in [1.165, 1.54) is 5.56 Å². The number of hydrogen-bond acceptors (Lipinski definition) is 2. The number of aromatic carboxylic acids is 1. The molecular formula is C20H19NO2. The summed E-state index contributed by atoms with van der Waals surface area (Å²) in [5.74, 6) is -0.921. The smallest absolute Gasteiger partial charge is 0.336 e. The third kappa shape index (κ3) is 2.82. The van der Waals surface area contributed by atoms with Crippen LogP contribution in [-0.2, 0) is 6.42 Å². The molecule has 1 heterocycles. The van der Waals surface area contributed by atoms with Gasteiger partial charge in [-0.15, -0.1) is 0 Å². The first-order chi connectivity index (χ1) is 11.0. The standard InChI is InChI=1S/C20H19NO2/c1-4-14-5-7-15(8-6-14)17-11-16(20(22)23)19-13(3)9-12(2)10-18(19)21-17/h5-11H,4H2,1-3H3,(H,22,23). The molecule has 0 saturated carbocycles. The Morgan fingerprint density at radius 3 is 2.39 bits per heavy atom. The van der Waals surface area contributed by atoms with Crippen LogP contribution in [0.25, 0.3) is 22.2 Å². The second-order valence-electron chi connectivity index (χ2n) is 5.89. The van der Waals surface area contributed by atoms with Gasteiger partial charge < -0.3 is 5.11 Å². The first-order valence-electron chi connectivity index (χ1n) is 7.74. The van der Waals surface area contributed by atoms with Gasteiger partial charge in [0.05, 0.1) is 16.8 Å². The van der Waals surface area contributed by atoms with Gasteiger partial charge in [-0.3, -0.25) is 0 Å². The van der Waals surface area contributed by atoms with Crippen molar-refractivity contribution in [2.75, 3.05) is 0 Å². The molecule has 0 aliphatic rings. The van der Waals surface area contributed by atoms with Crippen LogP contribution in [0.3, 0.4) is 0 Å². The lowest BCUT2D eigenvalue weighted by atomic mass is 9.98. The van der Waals surface area contributed by atoms with Gasteiger partial charge in [0.15, 0.2) is 0 Å². The van der Waals surface area contributed by atoms with Crippen LogP contribution in [0.15, 0.2) is 42.5 Å². The normalized spacial score (nSPS) is 10.9. The molecule has 0 radical (unpaired) electrons. The third-order valence-corrected chi connectivity index (χ3v) is 4.14. The highest BCUT2D eigenvalue weighted by Crippen LogP contribution is 2.28. The number of nitrogens with zero attached hydrogens (tertiary/aromatic N) is 1. The Balaban J connectivity index is 2.27. The lowest BCUT2D eigenvalue weighted by molar-refractivity contribution is 0.0699. The zero-order valence-corrected chi connectivity index (χ0v) is 13.6. The number of rotatable bonds is 3. The van der Waals surface area contributed by atoms with Crippen molar-refractivity contribution >= 4 is 16.9 Å². The molecule has 3 nitrogen and oxygen atoms in total. The molecule has 116 valence electrons. The van der Waals surface area contributed by atoms with Gasteiger partial charge in [0.2, 0.25) is 0 Å². The average molecular weight is 305 g/mol. The SMILES string of the molecule is CCc1ccc(-c2cc(C(=O)O)c3c(C)cc(C)cc3n2)cc1. The molecule has 1 N–H and O–H groups in total. The number of hydrogen-bond donors (Lipinski definition) is 1. The number of aryl methyl sites for hydroxylation is 3. The van der Waals surface area contributed by atoms with Gasteiger partial charge in [0.1, 0.15) is 0 Å². The summed E-state index contributed by atoms with van der Waals surface area (Å²) < 4.78 is 0. The molecule has 0 saturated heterocycles. The molecule has 1 aromatic heterocycles. The Bertz CT molecular complexity index is 896. The molecule has 3 aromatic rings. The van der Waals surface area contributed by atoms with Gasteiger partial charge in [0, 0.05) is 10.9 Å². The van der Waals surface area contributed by atoms with E-state index in [1.54, 1.807) is 6.07 Å². The van der Waals surface area contributed by atoms with Crippen molar-refractivity contribution in [3.63, 3.8) is 0 Å². The fourth-order valence-corrected chi connectivity index (χ4v) is 2.98. The van der Waals surface area contributed by atoms with Crippen LogP contribution < -0.4 is 0 Å². The number of aromatic nitrogens is 1. The molecule has 0 spiro atoms. The minimum Gasteiger partial charge on any atom is -0.478 e. The molecule has 0 unspecified atom stereocenters. The summed E-state index contributed by atoms with van der Waals surface area (Å²) in [6, 6.07) is 13.7. The largest absolute Gasteiger partial charge is 0.478 e. The highest BCUT2D eigenvalue weighted by Gasteiger charge is 2.15. The van der Waals surface area contributed by atoms with E-state index in [1.807, 2.05) is 38.1 Å². The van der Waals surface area contributed by atoms with E-state index in [-0.39, 0.29) is 0 Å². The first kappa shape index (κ1) is 15.2. The molecule has 0 bridgehead atoms. The summed E-state index contributed by atoms with van der Waals surface area (Å²) in [7, 11) is 0. The Morgan fingerprint density at radius 2 is 1.78 bits per heavy atom. The van der Waals surface area contributed by atoms with E-state index < -0.39 is 5.97 Å². The van der Waals surface area contributed by atoms with Crippen molar-refractivity contribution in [1.29, 1.82) is 0 Å². The predicted octanol–water partition coefficient (Wildman–Crippen LogP) is 4.78. The zero-order valence-electron chi connectivity index (χ0n) is 13.6. The summed E-state index contributed by atoms with van der Waals surface area (Å²) in [5.41, 5.74) is 5.95. The van der Waals surface area contributed by atoms with E-state index in [0.717, 1.165) is 34.0 Å². The quantitative estimate of drug-likeness (QED) is 0.757. The Hall–Kier alpha value is -2.68. The van der Waals surface area contributed by atoms with Crippen molar-refractivity contribution in [1.82, 2.24) is 4.98 Å². The van der Waals surface area contributed by atoms with E-state index in [2.05, 4.69) is 19.1 Å². The lowest BCUT2D eigenvalue weighted by Crippen LogP contribution is -2.02. The van der Waals surface area contributed by atoms with E-state index in [9.17, 15) is 9.90 Å². The summed E-state index contributed by atoms with van der Waals surface area (Å²) in [5, 5.41) is 10.3. The summed E-state index contributed by atoms with van der Waals surface area (Å²) in [4.78, 5) is 16.4. The fraction of sp³-hybridized carbons (Fsp3) is 0.200. The Morgan fingerprint density at radius 1 is 1.09 bits per heavy atom. The molecule has 0 fully saturated rings. The highest BCUT2D eigenvalue weighted by atomic mass is 16.4. The van der Waals surface area contributed by atoms with Gasteiger partial charge in [0.25, 0.3) is 0 Å². The topological polar surface area (TPSA) is 50.2 Å². The highest BCUT2D eigenvalue weighted by molar-refractivity contribution is 6.05. The Kier molecular flexibility index (Phi) is 3.87. The molecule has 0 aliphatic carbocycles. The first-order valence-corrected chi connectivity index (χ1v) is 7.74. The van der Waals surface area contributed by atoms with Gasteiger partial charge in [-0.05, 0) is 49.1 Å². The summed E-state index contributed by atoms with van der Waals surface area (Å²) in [6.07, 6.45) is 0.976. The van der Waals surface area contributed by atoms with Crippen LogP contribution in [0.2, 0.25) is 0 Å². The zero-order chi connectivity index (χ0) is 16.6. The van der Waals surface area contributed by atoms with Crippen LogP contribution in [0.4, 0.5) is 0 Å². The number of carboxylic acids is 1. The lowest BCUT2D eigenvalue weighted by Gasteiger charge is -2.11. The van der Waals surface area contributed by atoms with Crippen molar-refractivity contribution in [2.45, 2.75) is 27.2 Å². The molecule has 3 rings (SSSR count). The van der Waals surface area contributed by atoms with Crippen LogP contribution in [0, 0.1) is 13.8 Å². The molecule has 3 heteroatoms. The van der Waals surface area contributed by atoms with Crippen LogP contribution >= 0.6 is 0 Å². The van der Waals surface area contributed by atoms with Crippen LogP contribution in [0.1, 0.15) is 34.0 Å². The molecule has 23 heavy (non-hydrogen) atoms. The van der Waals surface area contributed by atoms with Crippen molar-refractivity contribution in [3.8, 4) is 11.3 Å². The van der Waals surface area contributed by atoms with Gasteiger partial charge in [-0.1, -0.05) is 37.3 Å². The van der Waals surface area contributed by atoms with Crippen LogP contribution in [-0.4, -0.2) is 16.1 Å². The number of benzene rings is 2. The van der Waals surface area contributed by atoms with Crippen molar-refractivity contribution in [2.24, 2.45) is 0 Å². The molecule has 0 amide bonds. The Labute approximate surface area is 135 Å². The maximum atomic E-state index is 11.7. The molecule has 0 aliphatic heterocycles. The minimum absolute atomic E-state index is 0.307. The maximum absolute atomic E-state index is 11.7. The summed E-state index contributed by atoms with van der Waals surface area (Å²) >= 11 is 0. The predicted molar refractivity (Wildman–Crippen MR) is 93.0 cm³/mol. The molecule has 0 atom stereocenters.